The lowest BCUT2D eigenvalue weighted by Crippen LogP contribution is -2.36. The fraction of sp³-hybridized carbons (Fsp3) is 0.286. The third-order valence-electron chi connectivity index (χ3n) is 3.48. The summed E-state index contributed by atoms with van der Waals surface area (Å²) in [4.78, 5) is 29.8. The molecule has 2 aromatic heterocycles. The Labute approximate surface area is 120 Å². The molecule has 0 atom stereocenters. The van der Waals surface area contributed by atoms with Gasteiger partial charge in [-0.2, -0.15) is 5.10 Å². The molecule has 108 valence electrons. The Bertz CT molecular complexity index is 681. The van der Waals surface area contributed by atoms with Crippen LogP contribution < -0.4 is 0 Å². The van der Waals surface area contributed by atoms with Crippen molar-refractivity contribution >= 4 is 11.9 Å². The van der Waals surface area contributed by atoms with Gasteiger partial charge in [0.15, 0.2) is 5.69 Å². The van der Waals surface area contributed by atoms with Crippen LogP contribution in [0.15, 0.2) is 24.4 Å². The monoisotopic (exact) mass is 286 g/mol. The van der Waals surface area contributed by atoms with Gasteiger partial charge >= 0.3 is 5.97 Å². The number of nitrogens with zero attached hydrogens (tertiary/aromatic N) is 3. The minimum absolute atomic E-state index is 0.154. The number of H-pyrrole nitrogens is 1. The predicted molar refractivity (Wildman–Crippen MR) is 72.6 cm³/mol. The number of rotatable bonds is 2. The Balaban J connectivity index is 1.85. The summed E-state index contributed by atoms with van der Waals surface area (Å²) in [6.07, 6.45) is 2.21. The molecule has 7 nitrogen and oxygen atoms in total. The van der Waals surface area contributed by atoms with Crippen molar-refractivity contribution in [3.63, 3.8) is 0 Å². The van der Waals surface area contributed by atoms with E-state index in [1.807, 2.05) is 0 Å². The number of aromatic amines is 1. The number of fused-ring (bicyclic) bond motifs is 1. The standard InChI is InChI=1S/C14H14N4O3/c1-21-14(20)12-9-8-18(7-5-10(9)16-17-12)13(19)11-4-2-3-6-15-11/h2-4,6H,5,7-8H2,1H3,(H,16,17). The number of methoxy groups -OCH3 is 1. The summed E-state index contributed by atoms with van der Waals surface area (Å²) in [6.45, 7) is 0.886. The van der Waals surface area contributed by atoms with Crippen LogP contribution in [0.4, 0.5) is 0 Å². The van der Waals surface area contributed by atoms with E-state index in [0.717, 1.165) is 11.3 Å². The van der Waals surface area contributed by atoms with Gasteiger partial charge in [0, 0.05) is 30.4 Å². The zero-order valence-electron chi connectivity index (χ0n) is 11.5. The number of hydrogen-bond donors (Lipinski definition) is 1. The molecule has 1 N–H and O–H groups in total. The van der Waals surface area contributed by atoms with Gasteiger partial charge in [0.25, 0.3) is 5.91 Å². The molecular weight excluding hydrogens is 272 g/mol. The van der Waals surface area contributed by atoms with Crippen molar-refractivity contribution in [3.8, 4) is 0 Å². The Hall–Kier alpha value is -2.70. The second-order valence-electron chi connectivity index (χ2n) is 4.71. The van der Waals surface area contributed by atoms with Crippen molar-refractivity contribution in [1.29, 1.82) is 0 Å². The topological polar surface area (TPSA) is 88.2 Å². The van der Waals surface area contributed by atoms with Crippen LogP contribution in [0, 0.1) is 0 Å². The smallest absolute Gasteiger partial charge is 0.358 e. The first-order chi connectivity index (χ1) is 10.2. The maximum atomic E-state index is 12.4. The molecule has 0 spiro atoms. The number of hydrogen-bond acceptors (Lipinski definition) is 5. The van der Waals surface area contributed by atoms with Crippen LogP contribution in [0.5, 0.6) is 0 Å². The Morgan fingerprint density at radius 2 is 2.24 bits per heavy atom. The maximum absolute atomic E-state index is 12.4. The molecule has 3 rings (SSSR count). The second kappa shape index (κ2) is 5.35. The number of amides is 1. The van der Waals surface area contributed by atoms with E-state index < -0.39 is 5.97 Å². The number of carbonyl (C=O) groups excluding carboxylic acids is 2. The number of carbonyl (C=O) groups is 2. The molecule has 1 aliphatic rings. The lowest BCUT2D eigenvalue weighted by molar-refractivity contribution is 0.0586. The molecule has 21 heavy (non-hydrogen) atoms. The molecule has 0 saturated heterocycles. The van der Waals surface area contributed by atoms with E-state index in [1.54, 1.807) is 29.3 Å². The average molecular weight is 286 g/mol. The van der Waals surface area contributed by atoms with Crippen LogP contribution in [0.2, 0.25) is 0 Å². The van der Waals surface area contributed by atoms with E-state index in [1.165, 1.54) is 7.11 Å². The fourth-order valence-corrected chi connectivity index (χ4v) is 2.39. The summed E-state index contributed by atoms with van der Waals surface area (Å²) in [5.74, 6) is -0.655. The van der Waals surface area contributed by atoms with Crippen molar-refractivity contribution in [2.45, 2.75) is 13.0 Å². The van der Waals surface area contributed by atoms with E-state index in [2.05, 4.69) is 15.2 Å². The maximum Gasteiger partial charge on any atom is 0.358 e. The first kappa shape index (κ1) is 13.3. The lowest BCUT2D eigenvalue weighted by atomic mass is 10.0. The molecule has 1 amide bonds. The van der Waals surface area contributed by atoms with Gasteiger partial charge in [-0.05, 0) is 12.1 Å². The van der Waals surface area contributed by atoms with Gasteiger partial charge in [0.2, 0.25) is 0 Å². The van der Waals surface area contributed by atoms with Crippen LogP contribution in [0.1, 0.15) is 32.2 Å². The molecular formula is C14H14N4O3. The molecule has 2 aromatic rings. The highest BCUT2D eigenvalue weighted by Gasteiger charge is 2.28. The Kier molecular flexibility index (Phi) is 3.39. The molecule has 0 bridgehead atoms. The summed E-state index contributed by atoms with van der Waals surface area (Å²) in [5, 5.41) is 6.82. The first-order valence-corrected chi connectivity index (χ1v) is 6.55. The Morgan fingerprint density at radius 1 is 1.38 bits per heavy atom. The molecule has 1 aliphatic heterocycles. The molecule has 0 radical (unpaired) electrons. The van der Waals surface area contributed by atoms with Gasteiger partial charge in [0.05, 0.1) is 13.7 Å². The van der Waals surface area contributed by atoms with E-state index in [0.29, 0.717) is 25.2 Å². The second-order valence-corrected chi connectivity index (χ2v) is 4.71. The zero-order chi connectivity index (χ0) is 14.8. The largest absolute Gasteiger partial charge is 0.464 e. The fourth-order valence-electron chi connectivity index (χ4n) is 2.39. The normalized spacial score (nSPS) is 13.7. The summed E-state index contributed by atoms with van der Waals surface area (Å²) in [6, 6.07) is 5.21. The van der Waals surface area contributed by atoms with Crippen LogP contribution in [-0.4, -0.2) is 45.6 Å². The van der Waals surface area contributed by atoms with Crippen molar-refractivity contribution in [3.05, 3.63) is 47.0 Å². The van der Waals surface area contributed by atoms with Gasteiger partial charge in [-0.15, -0.1) is 0 Å². The summed E-state index contributed by atoms with van der Waals surface area (Å²) < 4.78 is 4.70. The molecule has 3 heterocycles. The number of pyridine rings is 1. The van der Waals surface area contributed by atoms with E-state index in [9.17, 15) is 9.59 Å². The molecule has 0 saturated carbocycles. The van der Waals surface area contributed by atoms with Gasteiger partial charge in [0.1, 0.15) is 5.69 Å². The number of esters is 1. The quantitative estimate of drug-likeness (QED) is 0.825. The Morgan fingerprint density at radius 3 is 2.95 bits per heavy atom. The van der Waals surface area contributed by atoms with Gasteiger partial charge in [-0.1, -0.05) is 6.07 Å². The van der Waals surface area contributed by atoms with Crippen LogP contribution in [-0.2, 0) is 17.7 Å². The van der Waals surface area contributed by atoms with Crippen molar-refractivity contribution in [2.24, 2.45) is 0 Å². The summed E-state index contributed by atoms with van der Waals surface area (Å²) in [7, 11) is 1.31. The minimum atomic E-state index is -0.500. The summed E-state index contributed by atoms with van der Waals surface area (Å²) in [5.41, 5.74) is 2.23. The highest BCUT2D eigenvalue weighted by atomic mass is 16.5. The zero-order valence-corrected chi connectivity index (χ0v) is 11.5. The van der Waals surface area contributed by atoms with Gasteiger partial charge in [-0.3, -0.25) is 14.9 Å². The average Bonchev–Trinajstić information content (AvgIpc) is 2.97. The van der Waals surface area contributed by atoms with Gasteiger partial charge < -0.3 is 9.64 Å². The predicted octanol–water partition coefficient (Wildman–Crippen LogP) is 0.790. The molecule has 0 fully saturated rings. The van der Waals surface area contributed by atoms with Crippen LogP contribution >= 0.6 is 0 Å². The van der Waals surface area contributed by atoms with E-state index in [4.69, 9.17) is 4.74 Å². The SMILES string of the molecule is COC(=O)c1n[nH]c2c1CN(C(=O)c1ccccn1)CC2. The van der Waals surface area contributed by atoms with Crippen LogP contribution in [0.25, 0.3) is 0 Å². The first-order valence-electron chi connectivity index (χ1n) is 6.55. The molecule has 7 heteroatoms. The highest BCUT2D eigenvalue weighted by Crippen LogP contribution is 2.22. The molecule has 0 aromatic carbocycles. The third-order valence-corrected chi connectivity index (χ3v) is 3.48. The van der Waals surface area contributed by atoms with E-state index >= 15 is 0 Å². The number of aromatic nitrogens is 3. The van der Waals surface area contributed by atoms with Crippen molar-refractivity contribution in [2.75, 3.05) is 13.7 Å². The number of ether oxygens (including phenoxy) is 1. The lowest BCUT2D eigenvalue weighted by Gasteiger charge is -2.26. The highest BCUT2D eigenvalue weighted by molar-refractivity contribution is 5.93. The third kappa shape index (κ3) is 2.37. The molecule has 0 unspecified atom stereocenters. The van der Waals surface area contributed by atoms with Crippen LogP contribution in [0.3, 0.4) is 0 Å². The van der Waals surface area contributed by atoms with Crippen molar-refractivity contribution in [1.82, 2.24) is 20.1 Å². The van der Waals surface area contributed by atoms with Crippen molar-refractivity contribution < 1.29 is 14.3 Å². The molecule has 0 aliphatic carbocycles. The van der Waals surface area contributed by atoms with E-state index in [-0.39, 0.29) is 11.6 Å². The number of nitrogens with one attached hydrogen (secondary N) is 1. The van der Waals surface area contributed by atoms with Gasteiger partial charge in [-0.25, -0.2) is 4.79 Å². The minimum Gasteiger partial charge on any atom is -0.464 e. The summed E-state index contributed by atoms with van der Waals surface area (Å²) >= 11 is 0.